The van der Waals surface area contributed by atoms with Crippen LogP contribution in [0.3, 0.4) is 0 Å². The normalized spacial score (nSPS) is 12.0. The first-order valence-electron chi connectivity index (χ1n) is 7.77. The van der Waals surface area contributed by atoms with Crippen molar-refractivity contribution in [3.8, 4) is 0 Å². The molecule has 23 heavy (non-hydrogen) atoms. The Balaban J connectivity index is 1.95. The minimum absolute atomic E-state index is 0.100. The van der Waals surface area contributed by atoms with Crippen LogP contribution in [-0.2, 0) is 11.8 Å². The van der Waals surface area contributed by atoms with Crippen molar-refractivity contribution in [2.75, 3.05) is 6.54 Å². The summed E-state index contributed by atoms with van der Waals surface area (Å²) >= 11 is 0. The molecule has 0 bridgehead atoms. The Labute approximate surface area is 135 Å². The third-order valence-electron chi connectivity index (χ3n) is 3.38. The van der Waals surface area contributed by atoms with Gasteiger partial charge in [-0.25, -0.2) is 0 Å². The lowest BCUT2D eigenvalue weighted by Gasteiger charge is -2.10. The molecular formula is C16H24N4O3. The van der Waals surface area contributed by atoms with E-state index < -0.39 is 0 Å². The maximum absolute atomic E-state index is 12.3. The van der Waals surface area contributed by atoms with E-state index in [1.54, 1.807) is 6.92 Å². The summed E-state index contributed by atoms with van der Waals surface area (Å²) in [4.78, 5) is 16.7. The zero-order valence-electron chi connectivity index (χ0n) is 14.6. The Hall–Kier alpha value is -2.18. The smallest absolute Gasteiger partial charge is 0.256 e. The van der Waals surface area contributed by atoms with Crippen molar-refractivity contribution in [1.82, 2.24) is 20.6 Å². The van der Waals surface area contributed by atoms with Gasteiger partial charge in [0, 0.05) is 24.3 Å². The van der Waals surface area contributed by atoms with Gasteiger partial charge in [0.05, 0.1) is 5.69 Å². The number of amides is 1. The van der Waals surface area contributed by atoms with Crippen molar-refractivity contribution in [3.63, 3.8) is 0 Å². The van der Waals surface area contributed by atoms with Crippen molar-refractivity contribution in [2.45, 2.75) is 59.3 Å². The van der Waals surface area contributed by atoms with Gasteiger partial charge in [0.25, 0.3) is 5.91 Å². The lowest BCUT2D eigenvalue weighted by atomic mass is 9.97. The van der Waals surface area contributed by atoms with Crippen LogP contribution in [0, 0.1) is 6.92 Å². The second-order valence-corrected chi connectivity index (χ2v) is 6.93. The average Bonchev–Trinajstić information content (AvgIpc) is 3.04. The van der Waals surface area contributed by atoms with Crippen LogP contribution in [0.1, 0.15) is 74.1 Å². The van der Waals surface area contributed by atoms with Gasteiger partial charge < -0.3 is 14.4 Å². The van der Waals surface area contributed by atoms with Gasteiger partial charge in [0.2, 0.25) is 5.89 Å². The Morgan fingerprint density at radius 3 is 2.48 bits per heavy atom. The predicted octanol–water partition coefficient (Wildman–Crippen LogP) is 2.76. The number of hydrogen-bond donors (Lipinski definition) is 1. The molecule has 1 amide bonds. The number of rotatable bonds is 5. The van der Waals surface area contributed by atoms with Crippen molar-refractivity contribution in [3.05, 3.63) is 28.7 Å². The van der Waals surface area contributed by atoms with Gasteiger partial charge in [-0.1, -0.05) is 44.9 Å². The van der Waals surface area contributed by atoms with Crippen LogP contribution in [0.15, 0.2) is 9.05 Å². The maximum atomic E-state index is 12.3. The van der Waals surface area contributed by atoms with E-state index in [0.29, 0.717) is 41.7 Å². The summed E-state index contributed by atoms with van der Waals surface area (Å²) in [6.07, 6.45) is 0.507. The number of carbonyl (C=O) groups is 1. The van der Waals surface area contributed by atoms with Gasteiger partial charge in [-0.15, -0.1) is 0 Å². The summed E-state index contributed by atoms with van der Waals surface area (Å²) in [5.74, 6) is 1.70. The zero-order chi connectivity index (χ0) is 17.2. The zero-order valence-corrected chi connectivity index (χ0v) is 14.6. The standard InChI is InChI=1S/C16H24N4O3/c1-9(2)13-12(10(3)19-22-13)14(21)17-8-7-11-18-15(23-20-11)16(4,5)6/h9H,7-8H2,1-6H3,(H,17,21). The minimum Gasteiger partial charge on any atom is -0.360 e. The molecule has 0 saturated carbocycles. The average molecular weight is 320 g/mol. The van der Waals surface area contributed by atoms with Crippen molar-refractivity contribution >= 4 is 5.91 Å². The third kappa shape index (κ3) is 3.97. The first-order valence-corrected chi connectivity index (χ1v) is 7.77. The van der Waals surface area contributed by atoms with E-state index in [2.05, 4.69) is 20.6 Å². The molecule has 7 heteroatoms. The van der Waals surface area contributed by atoms with Crippen molar-refractivity contribution in [1.29, 1.82) is 0 Å². The highest BCUT2D eigenvalue weighted by atomic mass is 16.5. The monoisotopic (exact) mass is 320 g/mol. The molecular weight excluding hydrogens is 296 g/mol. The molecule has 0 aliphatic carbocycles. The van der Waals surface area contributed by atoms with Crippen LogP contribution in [0.5, 0.6) is 0 Å². The first-order chi connectivity index (χ1) is 10.7. The lowest BCUT2D eigenvalue weighted by molar-refractivity contribution is 0.0951. The molecule has 0 saturated heterocycles. The van der Waals surface area contributed by atoms with E-state index in [4.69, 9.17) is 9.05 Å². The fourth-order valence-corrected chi connectivity index (χ4v) is 2.09. The number of hydrogen-bond acceptors (Lipinski definition) is 6. The lowest BCUT2D eigenvalue weighted by Crippen LogP contribution is -2.27. The van der Waals surface area contributed by atoms with Gasteiger partial charge in [-0.05, 0) is 6.92 Å². The van der Waals surface area contributed by atoms with Crippen molar-refractivity contribution in [2.24, 2.45) is 0 Å². The highest BCUT2D eigenvalue weighted by molar-refractivity contribution is 5.96. The minimum atomic E-state index is -0.188. The second kappa shape index (κ2) is 6.52. The summed E-state index contributed by atoms with van der Waals surface area (Å²) < 4.78 is 10.5. The molecule has 0 aliphatic heterocycles. The van der Waals surface area contributed by atoms with E-state index >= 15 is 0 Å². The van der Waals surface area contributed by atoms with Crippen LogP contribution in [0.25, 0.3) is 0 Å². The quantitative estimate of drug-likeness (QED) is 0.910. The van der Waals surface area contributed by atoms with E-state index in [9.17, 15) is 4.79 Å². The highest BCUT2D eigenvalue weighted by Crippen LogP contribution is 2.22. The predicted molar refractivity (Wildman–Crippen MR) is 84.4 cm³/mol. The first kappa shape index (κ1) is 17.2. The molecule has 2 rings (SSSR count). The van der Waals surface area contributed by atoms with Gasteiger partial charge in [-0.2, -0.15) is 4.98 Å². The number of carbonyl (C=O) groups excluding carboxylic acids is 1. The van der Waals surface area contributed by atoms with Crippen LogP contribution >= 0.6 is 0 Å². The Bertz CT molecular complexity index is 680. The Kier molecular flexibility index (Phi) is 4.87. The van der Waals surface area contributed by atoms with Gasteiger partial charge >= 0.3 is 0 Å². The Morgan fingerprint density at radius 2 is 1.91 bits per heavy atom. The molecule has 126 valence electrons. The second-order valence-electron chi connectivity index (χ2n) is 6.93. The van der Waals surface area contributed by atoms with E-state index in [-0.39, 0.29) is 17.2 Å². The number of aromatic nitrogens is 3. The molecule has 7 nitrogen and oxygen atoms in total. The molecule has 0 fully saturated rings. The Morgan fingerprint density at radius 1 is 1.22 bits per heavy atom. The molecule has 0 aromatic carbocycles. The van der Waals surface area contributed by atoms with E-state index in [1.165, 1.54) is 0 Å². The fourth-order valence-electron chi connectivity index (χ4n) is 2.09. The van der Waals surface area contributed by atoms with Crippen LogP contribution < -0.4 is 5.32 Å². The molecule has 0 unspecified atom stereocenters. The number of nitrogens with zero attached hydrogens (tertiary/aromatic N) is 3. The molecule has 2 aromatic heterocycles. The summed E-state index contributed by atoms with van der Waals surface area (Å²) in [6.45, 7) is 12.1. The van der Waals surface area contributed by atoms with Crippen LogP contribution in [0.2, 0.25) is 0 Å². The van der Waals surface area contributed by atoms with Crippen molar-refractivity contribution < 1.29 is 13.8 Å². The maximum Gasteiger partial charge on any atom is 0.256 e. The fraction of sp³-hybridized carbons (Fsp3) is 0.625. The molecule has 0 aliphatic rings. The summed E-state index contributed by atoms with van der Waals surface area (Å²) in [5, 5.41) is 10.7. The summed E-state index contributed by atoms with van der Waals surface area (Å²) in [7, 11) is 0. The molecule has 0 spiro atoms. The molecule has 2 heterocycles. The highest BCUT2D eigenvalue weighted by Gasteiger charge is 2.23. The molecule has 0 radical (unpaired) electrons. The number of nitrogens with one attached hydrogen (secondary N) is 1. The van der Waals surface area contributed by atoms with Crippen LogP contribution in [0.4, 0.5) is 0 Å². The largest absolute Gasteiger partial charge is 0.360 e. The van der Waals surface area contributed by atoms with Gasteiger partial charge in [0.1, 0.15) is 5.56 Å². The molecule has 1 N–H and O–H groups in total. The summed E-state index contributed by atoms with van der Waals surface area (Å²) in [6, 6.07) is 0. The third-order valence-corrected chi connectivity index (χ3v) is 3.38. The van der Waals surface area contributed by atoms with Gasteiger partial charge in [0.15, 0.2) is 11.6 Å². The topological polar surface area (TPSA) is 94.1 Å². The summed E-state index contributed by atoms with van der Waals surface area (Å²) in [5.41, 5.74) is 0.935. The van der Waals surface area contributed by atoms with Crippen LogP contribution in [-0.4, -0.2) is 27.7 Å². The molecule has 0 atom stereocenters. The number of aryl methyl sites for hydroxylation is 1. The SMILES string of the molecule is Cc1noc(C(C)C)c1C(=O)NCCc1noc(C(C)(C)C)n1. The van der Waals surface area contributed by atoms with E-state index in [1.807, 2.05) is 34.6 Å². The van der Waals surface area contributed by atoms with E-state index in [0.717, 1.165) is 0 Å². The van der Waals surface area contributed by atoms with Gasteiger partial charge in [-0.3, -0.25) is 4.79 Å². The molecule has 2 aromatic rings.